The predicted octanol–water partition coefficient (Wildman–Crippen LogP) is 1.99. The van der Waals surface area contributed by atoms with E-state index >= 15 is 0 Å². The van der Waals surface area contributed by atoms with Crippen molar-refractivity contribution in [2.75, 3.05) is 13.6 Å². The minimum absolute atomic E-state index is 0.109. The van der Waals surface area contributed by atoms with E-state index in [9.17, 15) is 4.39 Å². The molecule has 0 aliphatic carbocycles. The van der Waals surface area contributed by atoms with E-state index in [-0.39, 0.29) is 11.4 Å². The number of halogens is 1. The van der Waals surface area contributed by atoms with Crippen molar-refractivity contribution in [1.82, 2.24) is 4.90 Å². The Hall–Kier alpha value is -0.930. The number of hydrogen-bond donors (Lipinski definition) is 1. The Bertz CT molecular complexity index is 323. The Balaban J connectivity index is 2.75. The van der Waals surface area contributed by atoms with Crippen LogP contribution in [0.4, 0.5) is 4.39 Å². The van der Waals surface area contributed by atoms with Crippen LogP contribution in [0.15, 0.2) is 24.3 Å². The molecule has 0 spiro atoms. The van der Waals surface area contributed by atoms with E-state index in [1.165, 1.54) is 6.07 Å². The van der Waals surface area contributed by atoms with E-state index in [1.54, 1.807) is 12.1 Å². The van der Waals surface area contributed by atoms with Gasteiger partial charge in [-0.2, -0.15) is 0 Å². The average Bonchev–Trinajstić information content (AvgIpc) is 2.21. The summed E-state index contributed by atoms with van der Waals surface area (Å²) >= 11 is 0. The molecule has 0 saturated carbocycles. The third-order valence-electron chi connectivity index (χ3n) is 2.90. The highest BCUT2D eigenvalue weighted by atomic mass is 19.1. The summed E-state index contributed by atoms with van der Waals surface area (Å²) in [5.41, 5.74) is 6.26. The molecule has 0 unspecified atom stereocenters. The van der Waals surface area contributed by atoms with Crippen LogP contribution in [0.1, 0.15) is 19.4 Å². The van der Waals surface area contributed by atoms with Crippen LogP contribution in [0.5, 0.6) is 0 Å². The van der Waals surface area contributed by atoms with Crippen LogP contribution >= 0.6 is 0 Å². The van der Waals surface area contributed by atoms with Crippen LogP contribution in [0.3, 0.4) is 0 Å². The Morgan fingerprint density at radius 1 is 1.33 bits per heavy atom. The molecule has 0 radical (unpaired) electrons. The van der Waals surface area contributed by atoms with Crippen LogP contribution in [-0.2, 0) is 6.54 Å². The second-order valence-corrected chi connectivity index (χ2v) is 4.46. The molecule has 0 amide bonds. The van der Waals surface area contributed by atoms with Crippen molar-refractivity contribution in [1.29, 1.82) is 0 Å². The zero-order chi connectivity index (χ0) is 11.5. The maximum atomic E-state index is 13.4. The van der Waals surface area contributed by atoms with E-state index in [0.29, 0.717) is 18.7 Å². The summed E-state index contributed by atoms with van der Waals surface area (Å²) in [6.07, 6.45) is 0. The summed E-state index contributed by atoms with van der Waals surface area (Å²) in [5, 5.41) is 0. The van der Waals surface area contributed by atoms with Gasteiger partial charge in [-0.3, -0.25) is 4.90 Å². The Labute approximate surface area is 90.9 Å². The van der Waals surface area contributed by atoms with E-state index in [4.69, 9.17) is 5.73 Å². The summed E-state index contributed by atoms with van der Waals surface area (Å²) in [7, 11) is 1.96. The van der Waals surface area contributed by atoms with Crippen LogP contribution in [0.2, 0.25) is 0 Å². The second kappa shape index (κ2) is 4.73. The van der Waals surface area contributed by atoms with Crippen molar-refractivity contribution in [3.63, 3.8) is 0 Å². The highest BCUT2D eigenvalue weighted by Gasteiger charge is 2.22. The van der Waals surface area contributed by atoms with Crippen LogP contribution < -0.4 is 5.73 Å². The number of likely N-dealkylation sites (N-methyl/N-ethyl adjacent to an activating group) is 1. The fourth-order valence-electron chi connectivity index (χ4n) is 1.25. The molecule has 0 aromatic heterocycles. The first-order valence-electron chi connectivity index (χ1n) is 5.12. The minimum atomic E-state index is -0.155. The van der Waals surface area contributed by atoms with Crippen molar-refractivity contribution >= 4 is 0 Å². The van der Waals surface area contributed by atoms with E-state index in [1.807, 2.05) is 27.0 Å². The minimum Gasteiger partial charge on any atom is -0.329 e. The van der Waals surface area contributed by atoms with Gasteiger partial charge in [-0.25, -0.2) is 4.39 Å². The Morgan fingerprint density at radius 3 is 2.47 bits per heavy atom. The number of benzene rings is 1. The van der Waals surface area contributed by atoms with Crippen molar-refractivity contribution in [2.24, 2.45) is 5.73 Å². The lowest BCUT2D eigenvalue weighted by Gasteiger charge is -2.34. The molecular formula is C12H19FN2. The van der Waals surface area contributed by atoms with Crippen molar-refractivity contribution in [3.05, 3.63) is 35.6 Å². The monoisotopic (exact) mass is 210 g/mol. The summed E-state index contributed by atoms with van der Waals surface area (Å²) in [6.45, 7) is 5.23. The molecular weight excluding hydrogens is 191 g/mol. The fraction of sp³-hybridized carbons (Fsp3) is 0.500. The second-order valence-electron chi connectivity index (χ2n) is 4.46. The number of hydrogen-bond acceptors (Lipinski definition) is 2. The summed E-state index contributed by atoms with van der Waals surface area (Å²) in [6, 6.07) is 6.84. The molecule has 1 aromatic rings. The molecule has 0 aliphatic rings. The zero-order valence-corrected chi connectivity index (χ0v) is 9.63. The lowest BCUT2D eigenvalue weighted by molar-refractivity contribution is 0.154. The van der Waals surface area contributed by atoms with Gasteiger partial charge in [-0.05, 0) is 27.0 Å². The number of nitrogens with zero attached hydrogens (tertiary/aromatic N) is 1. The third-order valence-corrected chi connectivity index (χ3v) is 2.90. The molecule has 1 rings (SSSR count). The summed E-state index contributed by atoms with van der Waals surface area (Å²) in [5.74, 6) is -0.155. The SMILES string of the molecule is CN(Cc1ccccc1F)C(C)(C)CN. The average molecular weight is 210 g/mol. The molecule has 2 N–H and O–H groups in total. The van der Waals surface area contributed by atoms with Crippen LogP contribution in [0.25, 0.3) is 0 Å². The lowest BCUT2D eigenvalue weighted by Crippen LogP contribution is -2.46. The molecule has 0 bridgehead atoms. The zero-order valence-electron chi connectivity index (χ0n) is 9.63. The van der Waals surface area contributed by atoms with E-state index < -0.39 is 0 Å². The molecule has 3 heteroatoms. The summed E-state index contributed by atoms with van der Waals surface area (Å²) in [4.78, 5) is 2.06. The van der Waals surface area contributed by atoms with Crippen LogP contribution in [-0.4, -0.2) is 24.0 Å². The molecule has 2 nitrogen and oxygen atoms in total. The molecule has 0 heterocycles. The third kappa shape index (κ3) is 3.01. The maximum absolute atomic E-state index is 13.4. The standard InChI is InChI=1S/C12H19FN2/c1-12(2,9-14)15(3)8-10-6-4-5-7-11(10)13/h4-7H,8-9,14H2,1-3H3. The lowest BCUT2D eigenvalue weighted by atomic mass is 10.0. The first-order valence-corrected chi connectivity index (χ1v) is 5.12. The van der Waals surface area contributed by atoms with Gasteiger partial charge in [0.15, 0.2) is 0 Å². The first-order chi connectivity index (χ1) is 6.97. The van der Waals surface area contributed by atoms with Gasteiger partial charge in [0.25, 0.3) is 0 Å². The topological polar surface area (TPSA) is 29.3 Å². The first kappa shape index (κ1) is 12.1. The van der Waals surface area contributed by atoms with Crippen molar-refractivity contribution in [2.45, 2.75) is 25.9 Å². The van der Waals surface area contributed by atoms with Crippen LogP contribution in [0, 0.1) is 5.82 Å². The molecule has 0 atom stereocenters. The predicted molar refractivity (Wildman–Crippen MR) is 61.0 cm³/mol. The van der Waals surface area contributed by atoms with E-state index in [0.717, 1.165) is 0 Å². The van der Waals surface area contributed by atoms with Gasteiger partial charge in [0.05, 0.1) is 0 Å². The Morgan fingerprint density at radius 2 is 1.93 bits per heavy atom. The molecule has 1 aromatic carbocycles. The largest absolute Gasteiger partial charge is 0.329 e. The van der Waals surface area contributed by atoms with Gasteiger partial charge in [0, 0.05) is 24.2 Å². The smallest absolute Gasteiger partial charge is 0.127 e. The van der Waals surface area contributed by atoms with Gasteiger partial charge >= 0.3 is 0 Å². The normalized spacial score (nSPS) is 12.1. The quantitative estimate of drug-likeness (QED) is 0.823. The van der Waals surface area contributed by atoms with E-state index in [2.05, 4.69) is 4.90 Å². The number of nitrogens with two attached hydrogens (primary N) is 1. The molecule has 0 fully saturated rings. The molecule has 84 valence electrons. The number of rotatable bonds is 4. The fourth-order valence-corrected chi connectivity index (χ4v) is 1.25. The van der Waals surface area contributed by atoms with Gasteiger partial charge in [0.1, 0.15) is 5.82 Å². The molecule has 15 heavy (non-hydrogen) atoms. The van der Waals surface area contributed by atoms with Gasteiger partial charge in [0.2, 0.25) is 0 Å². The van der Waals surface area contributed by atoms with Gasteiger partial charge in [-0.15, -0.1) is 0 Å². The molecule has 0 aliphatic heterocycles. The van der Waals surface area contributed by atoms with Crippen molar-refractivity contribution in [3.8, 4) is 0 Å². The summed E-state index contributed by atoms with van der Waals surface area (Å²) < 4.78 is 13.4. The van der Waals surface area contributed by atoms with Gasteiger partial charge in [-0.1, -0.05) is 18.2 Å². The molecule has 0 saturated heterocycles. The highest BCUT2D eigenvalue weighted by Crippen LogP contribution is 2.16. The maximum Gasteiger partial charge on any atom is 0.127 e. The Kier molecular flexibility index (Phi) is 3.83. The highest BCUT2D eigenvalue weighted by molar-refractivity contribution is 5.17. The van der Waals surface area contributed by atoms with Crippen molar-refractivity contribution < 1.29 is 4.39 Å². The van der Waals surface area contributed by atoms with Gasteiger partial charge < -0.3 is 5.73 Å².